The van der Waals surface area contributed by atoms with Crippen LogP contribution in [-0.2, 0) is 4.74 Å². The van der Waals surface area contributed by atoms with E-state index in [0.29, 0.717) is 0 Å². The Labute approximate surface area is 104 Å². The molecule has 4 nitrogen and oxygen atoms in total. The Morgan fingerprint density at radius 1 is 1.12 bits per heavy atom. The van der Waals surface area contributed by atoms with Gasteiger partial charge in [-0.25, -0.2) is 0 Å². The standard InChI is InChI=1S/C13H25N3O/c14-10-13(16-4-1-8-17-9-7-16)11-15-5-2-12(13)3-6-15/h12H,1-11,14H2. The molecule has 0 aromatic heterocycles. The molecule has 4 fully saturated rings. The lowest BCUT2D eigenvalue weighted by Crippen LogP contribution is -2.70. The van der Waals surface area contributed by atoms with Crippen molar-refractivity contribution in [2.24, 2.45) is 11.7 Å². The molecule has 4 aliphatic rings. The van der Waals surface area contributed by atoms with E-state index in [-0.39, 0.29) is 5.54 Å². The van der Waals surface area contributed by atoms with Gasteiger partial charge in [0.2, 0.25) is 0 Å². The van der Waals surface area contributed by atoms with Gasteiger partial charge in [-0.05, 0) is 38.3 Å². The molecule has 0 aromatic rings. The third-order valence-electron chi connectivity index (χ3n) is 5.05. The molecule has 98 valence electrons. The highest BCUT2D eigenvalue weighted by Crippen LogP contribution is 2.39. The van der Waals surface area contributed by atoms with Gasteiger partial charge in [0.05, 0.1) is 6.61 Å². The van der Waals surface area contributed by atoms with Crippen LogP contribution < -0.4 is 5.73 Å². The molecule has 4 rings (SSSR count). The van der Waals surface area contributed by atoms with Crippen LogP contribution in [0.15, 0.2) is 0 Å². The van der Waals surface area contributed by atoms with E-state index in [4.69, 9.17) is 10.5 Å². The fourth-order valence-electron chi connectivity index (χ4n) is 4.05. The van der Waals surface area contributed by atoms with Crippen LogP contribution in [0.4, 0.5) is 0 Å². The second-order valence-electron chi connectivity index (χ2n) is 5.81. The van der Waals surface area contributed by atoms with E-state index < -0.39 is 0 Å². The first-order chi connectivity index (χ1) is 8.35. The number of ether oxygens (including phenoxy) is 1. The maximum absolute atomic E-state index is 6.20. The van der Waals surface area contributed by atoms with Gasteiger partial charge in [-0.3, -0.25) is 4.90 Å². The Bertz CT molecular complexity index is 257. The maximum Gasteiger partial charge on any atom is 0.0593 e. The summed E-state index contributed by atoms with van der Waals surface area (Å²) in [5, 5.41) is 0. The summed E-state index contributed by atoms with van der Waals surface area (Å²) in [6, 6.07) is 0. The average Bonchev–Trinajstić information content (AvgIpc) is 2.69. The molecule has 2 bridgehead atoms. The molecule has 1 unspecified atom stereocenters. The molecule has 17 heavy (non-hydrogen) atoms. The molecule has 0 spiro atoms. The quantitative estimate of drug-likeness (QED) is 0.744. The van der Waals surface area contributed by atoms with E-state index in [0.717, 1.165) is 38.6 Å². The molecule has 0 aromatic carbocycles. The molecular weight excluding hydrogens is 214 g/mol. The number of rotatable bonds is 2. The third-order valence-corrected chi connectivity index (χ3v) is 5.05. The highest BCUT2D eigenvalue weighted by atomic mass is 16.5. The first-order valence-electron chi connectivity index (χ1n) is 7.10. The Morgan fingerprint density at radius 2 is 1.94 bits per heavy atom. The molecule has 0 aliphatic carbocycles. The van der Waals surface area contributed by atoms with Crippen molar-refractivity contribution in [1.29, 1.82) is 0 Å². The van der Waals surface area contributed by atoms with Crippen molar-refractivity contribution in [3.8, 4) is 0 Å². The number of nitrogens with zero attached hydrogens (tertiary/aromatic N) is 2. The summed E-state index contributed by atoms with van der Waals surface area (Å²) >= 11 is 0. The summed E-state index contributed by atoms with van der Waals surface area (Å²) in [4.78, 5) is 5.26. The van der Waals surface area contributed by atoms with Crippen LogP contribution in [0.2, 0.25) is 0 Å². The topological polar surface area (TPSA) is 41.7 Å². The van der Waals surface area contributed by atoms with Gasteiger partial charge >= 0.3 is 0 Å². The average molecular weight is 239 g/mol. The van der Waals surface area contributed by atoms with Gasteiger partial charge in [0.15, 0.2) is 0 Å². The van der Waals surface area contributed by atoms with Gasteiger partial charge in [0.1, 0.15) is 0 Å². The van der Waals surface area contributed by atoms with Gasteiger partial charge in [-0.2, -0.15) is 0 Å². The van der Waals surface area contributed by atoms with Crippen LogP contribution >= 0.6 is 0 Å². The van der Waals surface area contributed by atoms with Crippen LogP contribution in [0, 0.1) is 5.92 Å². The van der Waals surface area contributed by atoms with E-state index in [2.05, 4.69) is 9.80 Å². The van der Waals surface area contributed by atoms with Crippen molar-refractivity contribution in [2.45, 2.75) is 24.8 Å². The van der Waals surface area contributed by atoms with Crippen LogP contribution in [0.5, 0.6) is 0 Å². The predicted molar refractivity (Wildman–Crippen MR) is 68.0 cm³/mol. The Morgan fingerprint density at radius 3 is 2.59 bits per heavy atom. The largest absolute Gasteiger partial charge is 0.380 e. The zero-order chi connectivity index (χ0) is 11.7. The lowest BCUT2D eigenvalue weighted by molar-refractivity contribution is -0.0670. The van der Waals surface area contributed by atoms with E-state index in [9.17, 15) is 0 Å². The predicted octanol–water partition coefficient (Wildman–Crippen LogP) is 0.132. The van der Waals surface area contributed by atoms with E-state index in [1.165, 1.54) is 39.0 Å². The molecule has 2 N–H and O–H groups in total. The van der Waals surface area contributed by atoms with Crippen molar-refractivity contribution in [3.63, 3.8) is 0 Å². The molecule has 0 amide bonds. The van der Waals surface area contributed by atoms with Crippen molar-refractivity contribution in [3.05, 3.63) is 0 Å². The third kappa shape index (κ3) is 2.01. The second kappa shape index (κ2) is 4.84. The molecular formula is C13H25N3O. The molecule has 4 heteroatoms. The van der Waals surface area contributed by atoms with Crippen LogP contribution in [0.1, 0.15) is 19.3 Å². The van der Waals surface area contributed by atoms with Crippen LogP contribution in [-0.4, -0.2) is 67.8 Å². The molecule has 1 atom stereocenters. The van der Waals surface area contributed by atoms with Crippen molar-refractivity contribution < 1.29 is 4.74 Å². The summed E-state index contributed by atoms with van der Waals surface area (Å²) in [6.45, 7) is 8.62. The summed E-state index contributed by atoms with van der Waals surface area (Å²) in [6.07, 6.45) is 3.84. The first-order valence-corrected chi connectivity index (χ1v) is 7.10. The number of nitrogens with two attached hydrogens (primary N) is 1. The molecule has 4 aliphatic heterocycles. The van der Waals surface area contributed by atoms with Gasteiger partial charge in [0.25, 0.3) is 0 Å². The Kier molecular flexibility index (Phi) is 3.39. The minimum atomic E-state index is 0.254. The number of fused-ring (bicyclic) bond motifs is 3. The summed E-state index contributed by atoms with van der Waals surface area (Å²) in [5.41, 5.74) is 6.45. The van der Waals surface area contributed by atoms with Gasteiger partial charge in [-0.1, -0.05) is 0 Å². The molecule has 4 heterocycles. The second-order valence-corrected chi connectivity index (χ2v) is 5.81. The highest BCUT2D eigenvalue weighted by molar-refractivity contribution is 5.06. The zero-order valence-corrected chi connectivity index (χ0v) is 10.7. The lowest BCUT2D eigenvalue weighted by atomic mass is 9.71. The minimum Gasteiger partial charge on any atom is -0.380 e. The molecule has 4 saturated heterocycles. The van der Waals surface area contributed by atoms with Gasteiger partial charge in [-0.15, -0.1) is 0 Å². The minimum absolute atomic E-state index is 0.254. The maximum atomic E-state index is 6.20. The van der Waals surface area contributed by atoms with Crippen molar-refractivity contribution in [1.82, 2.24) is 9.80 Å². The van der Waals surface area contributed by atoms with Crippen LogP contribution in [0.25, 0.3) is 0 Å². The Hall–Kier alpha value is -0.160. The highest BCUT2D eigenvalue weighted by Gasteiger charge is 2.49. The number of piperidine rings is 3. The van der Waals surface area contributed by atoms with Gasteiger partial charge in [0, 0.05) is 38.3 Å². The van der Waals surface area contributed by atoms with E-state index >= 15 is 0 Å². The summed E-state index contributed by atoms with van der Waals surface area (Å²) in [7, 11) is 0. The monoisotopic (exact) mass is 239 g/mol. The van der Waals surface area contributed by atoms with Gasteiger partial charge < -0.3 is 15.4 Å². The lowest BCUT2D eigenvalue weighted by Gasteiger charge is -2.57. The van der Waals surface area contributed by atoms with E-state index in [1.807, 2.05) is 0 Å². The molecule has 0 saturated carbocycles. The fourth-order valence-corrected chi connectivity index (χ4v) is 4.05. The SMILES string of the molecule is NCC1(N2CCCOCC2)CN2CCC1CC2. The normalized spacial score (nSPS) is 43.6. The fraction of sp³-hybridized carbons (Fsp3) is 1.00. The Balaban J connectivity index is 1.80. The molecule has 0 radical (unpaired) electrons. The van der Waals surface area contributed by atoms with E-state index in [1.54, 1.807) is 0 Å². The van der Waals surface area contributed by atoms with Crippen molar-refractivity contribution in [2.75, 3.05) is 52.5 Å². The smallest absolute Gasteiger partial charge is 0.0593 e. The first kappa shape index (κ1) is 11.9. The zero-order valence-electron chi connectivity index (χ0n) is 10.7. The summed E-state index contributed by atoms with van der Waals surface area (Å²) in [5.74, 6) is 0.815. The van der Waals surface area contributed by atoms with Crippen molar-refractivity contribution >= 4 is 0 Å². The van der Waals surface area contributed by atoms with Crippen LogP contribution in [0.3, 0.4) is 0 Å². The number of hydrogen-bond acceptors (Lipinski definition) is 4. The summed E-state index contributed by atoms with van der Waals surface area (Å²) < 4.78 is 5.59. The number of hydrogen-bond donors (Lipinski definition) is 1.